The Balaban J connectivity index is 1.59. The SMILES string of the molecule is COc1ccc(C2CCCCN(S(=O)(=O)c3ccc4c(c3)CCO4)C2)cc1. The van der Waals surface area contributed by atoms with Crippen LogP contribution in [0.1, 0.15) is 36.3 Å². The fourth-order valence-electron chi connectivity index (χ4n) is 3.95. The number of rotatable bonds is 4. The van der Waals surface area contributed by atoms with Gasteiger partial charge in [-0.15, -0.1) is 0 Å². The van der Waals surface area contributed by atoms with Crippen molar-refractivity contribution in [3.8, 4) is 11.5 Å². The molecule has 0 saturated carbocycles. The van der Waals surface area contributed by atoms with Crippen LogP contribution in [-0.4, -0.2) is 39.5 Å². The van der Waals surface area contributed by atoms with Gasteiger partial charge in [0, 0.05) is 19.5 Å². The fraction of sp³-hybridized carbons (Fsp3) is 0.429. The van der Waals surface area contributed by atoms with Crippen LogP contribution in [0.3, 0.4) is 0 Å². The molecule has 1 atom stereocenters. The Morgan fingerprint density at radius 3 is 2.70 bits per heavy atom. The van der Waals surface area contributed by atoms with Crippen LogP contribution in [0.15, 0.2) is 47.4 Å². The lowest BCUT2D eigenvalue weighted by molar-refractivity contribution is 0.356. The number of ether oxygens (including phenoxy) is 2. The standard InChI is InChI=1S/C21H25NO4S/c1-25-19-7-5-16(6-8-19)18-4-2-3-12-22(15-18)27(23,24)20-9-10-21-17(14-20)11-13-26-21/h5-10,14,18H,2-4,11-13,15H2,1H3. The summed E-state index contributed by atoms with van der Waals surface area (Å²) in [5.41, 5.74) is 2.15. The van der Waals surface area contributed by atoms with Crippen molar-refractivity contribution in [2.75, 3.05) is 26.8 Å². The number of hydrogen-bond acceptors (Lipinski definition) is 4. The number of fused-ring (bicyclic) bond motifs is 1. The lowest BCUT2D eigenvalue weighted by Crippen LogP contribution is -2.34. The zero-order valence-corrected chi connectivity index (χ0v) is 16.4. The second-order valence-corrected chi connectivity index (χ2v) is 9.13. The van der Waals surface area contributed by atoms with Crippen molar-refractivity contribution in [2.45, 2.75) is 36.5 Å². The summed E-state index contributed by atoms with van der Waals surface area (Å²) in [6.45, 7) is 1.72. The highest BCUT2D eigenvalue weighted by Gasteiger charge is 2.30. The average Bonchev–Trinajstić information content (AvgIpc) is 3.02. The Bertz CT molecular complexity index is 908. The van der Waals surface area contributed by atoms with Gasteiger partial charge in [0.15, 0.2) is 0 Å². The van der Waals surface area contributed by atoms with Gasteiger partial charge in [0.2, 0.25) is 10.0 Å². The molecule has 0 bridgehead atoms. The first-order valence-corrected chi connectivity index (χ1v) is 10.9. The van der Waals surface area contributed by atoms with Gasteiger partial charge in [0.25, 0.3) is 0 Å². The molecule has 1 fully saturated rings. The summed E-state index contributed by atoms with van der Waals surface area (Å²) >= 11 is 0. The third kappa shape index (κ3) is 3.69. The number of sulfonamides is 1. The third-order valence-electron chi connectivity index (χ3n) is 5.52. The second-order valence-electron chi connectivity index (χ2n) is 7.20. The monoisotopic (exact) mass is 387 g/mol. The molecule has 0 aliphatic carbocycles. The van der Waals surface area contributed by atoms with Gasteiger partial charge in [-0.2, -0.15) is 4.31 Å². The zero-order chi connectivity index (χ0) is 18.9. The summed E-state index contributed by atoms with van der Waals surface area (Å²) in [5, 5.41) is 0. The zero-order valence-electron chi connectivity index (χ0n) is 15.6. The van der Waals surface area contributed by atoms with Crippen LogP contribution >= 0.6 is 0 Å². The first-order chi connectivity index (χ1) is 13.1. The Morgan fingerprint density at radius 2 is 1.93 bits per heavy atom. The molecule has 2 heterocycles. The molecule has 1 unspecified atom stereocenters. The van der Waals surface area contributed by atoms with Crippen LogP contribution in [0.4, 0.5) is 0 Å². The minimum atomic E-state index is -3.51. The van der Waals surface area contributed by atoms with E-state index in [4.69, 9.17) is 9.47 Å². The Labute approximate surface area is 161 Å². The van der Waals surface area contributed by atoms with Gasteiger partial charge >= 0.3 is 0 Å². The van der Waals surface area contributed by atoms with Gasteiger partial charge in [-0.3, -0.25) is 0 Å². The van der Waals surface area contributed by atoms with Crippen molar-refractivity contribution in [2.24, 2.45) is 0 Å². The molecule has 0 amide bonds. The number of methoxy groups -OCH3 is 1. The third-order valence-corrected chi connectivity index (χ3v) is 7.38. The molecule has 0 N–H and O–H groups in total. The molecule has 144 valence electrons. The van der Waals surface area contributed by atoms with Gasteiger partial charge in [0.05, 0.1) is 18.6 Å². The molecule has 0 spiro atoms. The molecule has 2 aromatic carbocycles. The lowest BCUT2D eigenvalue weighted by atomic mass is 9.94. The van der Waals surface area contributed by atoms with E-state index < -0.39 is 10.0 Å². The summed E-state index contributed by atoms with van der Waals surface area (Å²) in [6, 6.07) is 13.2. The van der Waals surface area contributed by atoms with Crippen molar-refractivity contribution >= 4 is 10.0 Å². The molecule has 2 aliphatic rings. The molecule has 4 rings (SSSR count). The van der Waals surface area contributed by atoms with Crippen molar-refractivity contribution in [1.29, 1.82) is 0 Å². The normalized spacial score (nSPS) is 20.6. The van der Waals surface area contributed by atoms with E-state index in [0.29, 0.717) is 24.6 Å². The van der Waals surface area contributed by atoms with Gasteiger partial charge in [0.1, 0.15) is 11.5 Å². The van der Waals surface area contributed by atoms with Crippen molar-refractivity contribution in [1.82, 2.24) is 4.31 Å². The molecule has 2 aromatic rings. The number of nitrogens with zero attached hydrogens (tertiary/aromatic N) is 1. The summed E-state index contributed by atoms with van der Waals surface area (Å²) in [7, 11) is -1.86. The fourth-order valence-corrected chi connectivity index (χ4v) is 5.52. The molecule has 27 heavy (non-hydrogen) atoms. The molecular formula is C21H25NO4S. The van der Waals surface area contributed by atoms with E-state index in [1.54, 1.807) is 29.6 Å². The lowest BCUT2D eigenvalue weighted by Gasteiger charge is -2.24. The van der Waals surface area contributed by atoms with Crippen molar-refractivity contribution in [3.05, 3.63) is 53.6 Å². The van der Waals surface area contributed by atoms with Crippen LogP contribution in [0.25, 0.3) is 0 Å². The maximum atomic E-state index is 13.3. The molecule has 5 nitrogen and oxygen atoms in total. The van der Waals surface area contributed by atoms with Crippen LogP contribution in [-0.2, 0) is 16.4 Å². The molecule has 6 heteroatoms. The average molecular weight is 388 g/mol. The molecular weight excluding hydrogens is 362 g/mol. The predicted octanol–water partition coefficient (Wildman–Crippen LogP) is 3.59. The Morgan fingerprint density at radius 1 is 1.11 bits per heavy atom. The molecule has 1 saturated heterocycles. The van der Waals surface area contributed by atoms with Crippen LogP contribution in [0.2, 0.25) is 0 Å². The van der Waals surface area contributed by atoms with E-state index >= 15 is 0 Å². The minimum Gasteiger partial charge on any atom is -0.497 e. The summed E-state index contributed by atoms with van der Waals surface area (Å²) in [6.07, 6.45) is 3.68. The summed E-state index contributed by atoms with van der Waals surface area (Å²) in [4.78, 5) is 0.377. The highest BCUT2D eigenvalue weighted by molar-refractivity contribution is 7.89. The first-order valence-electron chi connectivity index (χ1n) is 9.48. The Kier molecular flexibility index (Phi) is 5.10. The number of benzene rings is 2. The van der Waals surface area contributed by atoms with E-state index in [-0.39, 0.29) is 5.92 Å². The highest BCUT2D eigenvalue weighted by Crippen LogP contribution is 2.33. The topological polar surface area (TPSA) is 55.8 Å². The van der Waals surface area contributed by atoms with Crippen LogP contribution in [0.5, 0.6) is 11.5 Å². The van der Waals surface area contributed by atoms with E-state index in [9.17, 15) is 8.42 Å². The van der Waals surface area contributed by atoms with Crippen molar-refractivity contribution < 1.29 is 17.9 Å². The van der Waals surface area contributed by atoms with E-state index in [1.165, 1.54) is 5.56 Å². The quantitative estimate of drug-likeness (QED) is 0.805. The van der Waals surface area contributed by atoms with E-state index in [1.807, 2.05) is 24.3 Å². The van der Waals surface area contributed by atoms with Crippen LogP contribution in [0, 0.1) is 0 Å². The molecule has 0 radical (unpaired) electrons. The highest BCUT2D eigenvalue weighted by atomic mass is 32.2. The maximum absolute atomic E-state index is 13.3. The number of hydrogen-bond donors (Lipinski definition) is 0. The molecule has 2 aliphatic heterocycles. The van der Waals surface area contributed by atoms with Gasteiger partial charge < -0.3 is 9.47 Å². The van der Waals surface area contributed by atoms with Gasteiger partial charge in [-0.25, -0.2) is 8.42 Å². The van der Waals surface area contributed by atoms with Gasteiger partial charge in [-0.1, -0.05) is 18.6 Å². The predicted molar refractivity (Wildman–Crippen MR) is 104 cm³/mol. The Hall–Kier alpha value is -2.05. The van der Waals surface area contributed by atoms with Gasteiger partial charge in [-0.05, 0) is 60.2 Å². The maximum Gasteiger partial charge on any atom is 0.243 e. The van der Waals surface area contributed by atoms with E-state index in [0.717, 1.165) is 42.7 Å². The molecule has 0 aromatic heterocycles. The van der Waals surface area contributed by atoms with E-state index in [2.05, 4.69) is 0 Å². The summed E-state index contributed by atoms with van der Waals surface area (Å²) < 4.78 is 39.0. The smallest absolute Gasteiger partial charge is 0.243 e. The van der Waals surface area contributed by atoms with Crippen molar-refractivity contribution in [3.63, 3.8) is 0 Å². The summed E-state index contributed by atoms with van der Waals surface area (Å²) in [5.74, 6) is 1.82. The largest absolute Gasteiger partial charge is 0.497 e. The van der Waals surface area contributed by atoms with Crippen LogP contribution < -0.4 is 9.47 Å². The second kappa shape index (κ2) is 7.52. The first kappa shape index (κ1) is 18.3. The minimum absolute atomic E-state index is 0.200.